The first-order valence-electron chi connectivity index (χ1n) is 8.09. The maximum Gasteiger partial charge on any atom is 0.257 e. The number of carbonyl (C=O) groups is 1. The van der Waals surface area contributed by atoms with Crippen molar-refractivity contribution in [3.05, 3.63) is 42.2 Å². The molecule has 1 saturated heterocycles. The summed E-state index contributed by atoms with van der Waals surface area (Å²) in [5.41, 5.74) is 1.07. The molecule has 1 aliphatic heterocycles. The number of methoxy groups -OCH3 is 1. The minimum Gasteiger partial charge on any atom is -0.497 e. The van der Waals surface area contributed by atoms with E-state index in [9.17, 15) is 13.2 Å². The van der Waals surface area contributed by atoms with Crippen LogP contribution < -0.4 is 10.1 Å². The van der Waals surface area contributed by atoms with Gasteiger partial charge in [-0.05, 0) is 18.6 Å². The number of anilines is 2. The number of amides is 1. The van der Waals surface area contributed by atoms with Gasteiger partial charge in [-0.3, -0.25) is 4.79 Å². The molecule has 1 aromatic carbocycles. The van der Waals surface area contributed by atoms with E-state index >= 15 is 0 Å². The van der Waals surface area contributed by atoms with Crippen LogP contribution in [0.2, 0.25) is 0 Å². The minimum absolute atomic E-state index is 0.00553. The third-order valence-corrected chi connectivity index (χ3v) is 6.05. The molecule has 0 spiro atoms. The van der Waals surface area contributed by atoms with E-state index in [4.69, 9.17) is 4.74 Å². The lowest BCUT2D eigenvalue weighted by Crippen LogP contribution is -2.37. The zero-order valence-electron chi connectivity index (χ0n) is 14.5. The number of benzene rings is 1. The number of ether oxygens (including phenoxy) is 1. The number of sulfone groups is 1. The minimum atomic E-state index is -3.05. The number of hydrogen-bond donors (Lipinski definition) is 1. The molecule has 1 aromatic heterocycles. The van der Waals surface area contributed by atoms with Gasteiger partial charge < -0.3 is 15.0 Å². The molecule has 2 aromatic rings. The molecule has 3 rings (SSSR count). The Labute approximate surface area is 152 Å². The van der Waals surface area contributed by atoms with Crippen LogP contribution in [0.1, 0.15) is 16.8 Å². The fourth-order valence-electron chi connectivity index (χ4n) is 2.78. The summed E-state index contributed by atoms with van der Waals surface area (Å²) in [7, 11) is 0.144. The standard InChI is InChI=1S/C17H20N4O4S/c1-21(14-6-7-26(23,24)11-14)16(22)12-9-18-17(19-10-12)20-13-4-3-5-15(8-13)25-2/h3-5,8-10,14H,6-7,11H2,1-2H3,(H,18,19,20). The fourth-order valence-corrected chi connectivity index (χ4v) is 4.56. The molecule has 0 saturated carbocycles. The smallest absolute Gasteiger partial charge is 0.257 e. The van der Waals surface area contributed by atoms with Gasteiger partial charge in [0, 0.05) is 37.2 Å². The van der Waals surface area contributed by atoms with Crippen LogP contribution in [0.4, 0.5) is 11.6 Å². The van der Waals surface area contributed by atoms with E-state index in [1.165, 1.54) is 17.3 Å². The molecule has 1 unspecified atom stereocenters. The van der Waals surface area contributed by atoms with Crippen LogP contribution in [0.5, 0.6) is 5.75 Å². The van der Waals surface area contributed by atoms with Gasteiger partial charge >= 0.3 is 0 Å². The van der Waals surface area contributed by atoms with E-state index in [-0.39, 0.29) is 23.5 Å². The molecule has 9 heteroatoms. The van der Waals surface area contributed by atoms with Gasteiger partial charge in [-0.15, -0.1) is 0 Å². The summed E-state index contributed by atoms with van der Waals surface area (Å²) in [6.07, 6.45) is 3.32. The number of nitrogens with one attached hydrogen (secondary N) is 1. The van der Waals surface area contributed by atoms with Crippen LogP contribution in [0.25, 0.3) is 0 Å². The zero-order valence-corrected chi connectivity index (χ0v) is 15.4. The number of aromatic nitrogens is 2. The lowest BCUT2D eigenvalue weighted by atomic mass is 10.2. The van der Waals surface area contributed by atoms with Crippen molar-refractivity contribution < 1.29 is 17.9 Å². The Kier molecular flexibility index (Phi) is 5.08. The summed E-state index contributed by atoms with van der Waals surface area (Å²) >= 11 is 0. The highest BCUT2D eigenvalue weighted by molar-refractivity contribution is 7.91. The second-order valence-electron chi connectivity index (χ2n) is 6.13. The van der Waals surface area contributed by atoms with E-state index in [0.29, 0.717) is 23.7 Å². The molecule has 26 heavy (non-hydrogen) atoms. The maximum atomic E-state index is 12.5. The molecule has 0 bridgehead atoms. The van der Waals surface area contributed by atoms with Crippen LogP contribution in [0.15, 0.2) is 36.7 Å². The van der Waals surface area contributed by atoms with Gasteiger partial charge in [-0.2, -0.15) is 0 Å². The first kappa shape index (κ1) is 18.1. The summed E-state index contributed by atoms with van der Waals surface area (Å²) in [5.74, 6) is 0.886. The number of hydrogen-bond acceptors (Lipinski definition) is 7. The lowest BCUT2D eigenvalue weighted by molar-refractivity contribution is 0.0747. The second-order valence-corrected chi connectivity index (χ2v) is 8.35. The van der Waals surface area contributed by atoms with Crippen LogP contribution in [-0.2, 0) is 9.84 Å². The van der Waals surface area contributed by atoms with Crippen molar-refractivity contribution >= 4 is 27.4 Å². The van der Waals surface area contributed by atoms with Crippen molar-refractivity contribution in [3.8, 4) is 5.75 Å². The molecule has 2 heterocycles. The van der Waals surface area contributed by atoms with E-state index in [2.05, 4.69) is 15.3 Å². The Balaban J connectivity index is 1.67. The molecule has 1 aliphatic rings. The monoisotopic (exact) mass is 376 g/mol. The van der Waals surface area contributed by atoms with Crippen molar-refractivity contribution in [3.63, 3.8) is 0 Å². The summed E-state index contributed by atoms with van der Waals surface area (Å²) in [6.45, 7) is 0. The first-order chi connectivity index (χ1) is 12.4. The summed E-state index contributed by atoms with van der Waals surface area (Å²) in [5, 5.41) is 3.03. The second kappa shape index (κ2) is 7.28. The molecule has 0 aliphatic carbocycles. The Morgan fingerprint density at radius 2 is 2.04 bits per heavy atom. The van der Waals surface area contributed by atoms with E-state index in [1.807, 2.05) is 18.2 Å². The molecule has 0 radical (unpaired) electrons. The van der Waals surface area contributed by atoms with Gasteiger partial charge in [0.15, 0.2) is 9.84 Å². The quantitative estimate of drug-likeness (QED) is 0.843. The maximum absolute atomic E-state index is 12.5. The van der Waals surface area contributed by atoms with Crippen LogP contribution in [-0.4, -0.2) is 60.9 Å². The Morgan fingerprint density at radius 1 is 1.31 bits per heavy atom. The van der Waals surface area contributed by atoms with Crippen LogP contribution >= 0.6 is 0 Å². The predicted octanol–water partition coefficient (Wildman–Crippen LogP) is 1.49. The van der Waals surface area contributed by atoms with Gasteiger partial charge in [-0.1, -0.05) is 6.07 Å². The van der Waals surface area contributed by atoms with E-state index in [0.717, 1.165) is 5.69 Å². The van der Waals surface area contributed by atoms with Crippen molar-refractivity contribution in [1.29, 1.82) is 0 Å². The topological polar surface area (TPSA) is 101 Å². The lowest BCUT2D eigenvalue weighted by Gasteiger charge is -2.23. The summed E-state index contributed by atoms with van der Waals surface area (Å²) in [6, 6.07) is 7.01. The number of rotatable bonds is 5. The molecule has 1 atom stereocenters. The van der Waals surface area contributed by atoms with Crippen molar-refractivity contribution in [2.45, 2.75) is 12.5 Å². The number of carbonyl (C=O) groups excluding carboxylic acids is 1. The molecule has 1 fully saturated rings. The highest BCUT2D eigenvalue weighted by atomic mass is 32.2. The van der Waals surface area contributed by atoms with Crippen LogP contribution in [0.3, 0.4) is 0 Å². The van der Waals surface area contributed by atoms with Gasteiger partial charge in [0.25, 0.3) is 5.91 Å². The summed E-state index contributed by atoms with van der Waals surface area (Å²) < 4.78 is 28.3. The fraction of sp³-hybridized carbons (Fsp3) is 0.353. The Bertz CT molecular complexity index is 899. The van der Waals surface area contributed by atoms with Gasteiger partial charge in [-0.25, -0.2) is 18.4 Å². The molecule has 8 nitrogen and oxygen atoms in total. The Hall–Kier alpha value is -2.68. The van der Waals surface area contributed by atoms with Gasteiger partial charge in [0.2, 0.25) is 5.95 Å². The van der Waals surface area contributed by atoms with E-state index < -0.39 is 9.84 Å². The van der Waals surface area contributed by atoms with Gasteiger partial charge in [0.05, 0.1) is 24.2 Å². The average Bonchev–Trinajstić information content (AvgIpc) is 3.01. The summed E-state index contributed by atoms with van der Waals surface area (Å²) in [4.78, 5) is 22.3. The average molecular weight is 376 g/mol. The SMILES string of the molecule is COc1cccc(Nc2ncc(C(=O)N(C)C3CCS(=O)(=O)C3)cn2)c1. The predicted molar refractivity (Wildman–Crippen MR) is 97.5 cm³/mol. The largest absolute Gasteiger partial charge is 0.497 e. The van der Waals surface area contributed by atoms with E-state index in [1.54, 1.807) is 20.2 Å². The molecule has 138 valence electrons. The zero-order chi connectivity index (χ0) is 18.7. The molecule has 1 N–H and O–H groups in total. The molecular formula is C17H20N4O4S. The van der Waals surface area contributed by atoms with Gasteiger partial charge in [0.1, 0.15) is 5.75 Å². The number of nitrogens with zero attached hydrogens (tertiary/aromatic N) is 3. The normalized spacial score (nSPS) is 18.3. The molecular weight excluding hydrogens is 356 g/mol. The first-order valence-corrected chi connectivity index (χ1v) is 9.91. The van der Waals surface area contributed by atoms with Crippen molar-refractivity contribution in [2.24, 2.45) is 0 Å². The third kappa shape index (κ3) is 4.10. The highest BCUT2D eigenvalue weighted by Crippen LogP contribution is 2.20. The Morgan fingerprint density at radius 3 is 2.65 bits per heavy atom. The third-order valence-electron chi connectivity index (χ3n) is 4.30. The van der Waals surface area contributed by atoms with Crippen molar-refractivity contribution in [2.75, 3.05) is 31.0 Å². The van der Waals surface area contributed by atoms with Crippen LogP contribution in [0, 0.1) is 0 Å². The highest BCUT2D eigenvalue weighted by Gasteiger charge is 2.33. The molecule has 1 amide bonds. The van der Waals surface area contributed by atoms with Crippen molar-refractivity contribution in [1.82, 2.24) is 14.9 Å².